The molecule has 1 N–H and O–H groups in total. The SMILES string of the molecule is CC(=O)[C@H]1CC[C@H]2[C@@H]3CC(C)C4=CC(=O)C=C[C@]4(C)[C@H]3C(O)C[C@]12C. The molecule has 0 spiro atoms. The number of allylic oxidation sites excluding steroid dienone is 4. The van der Waals surface area contributed by atoms with E-state index in [4.69, 9.17) is 0 Å². The van der Waals surface area contributed by atoms with Crippen molar-refractivity contribution in [2.45, 2.75) is 59.5 Å². The van der Waals surface area contributed by atoms with Crippen molar-refractivity contribution >= 4 is 11.6 Å². The Bertz CT molecular complexity index is 689. The zero-order valence-corrected chi connectivity index (χ0v) is 15.8. The minimum absolute atomic E-state index is 0.0715. The molecule has 4 rings (SSSR count). The second-order valence-corrected chi connectivity index (χ2v) is 9.57. The lowest BCUT2D eigenvalue weighted by atomic mass is 9.45. The van der Waals surface area contributed by atoms with Crippen molar-refractivity contribution in [2.75, 3.05) is 0 Å². The first-order valence-corrected chi connectivity index (χ1v) is 9.82. The van der Waals surface area contributed by atoms with Gasteiger partial charge in [-0.15, -0.1) is 0 Å². The summed E-state index contributed by atoms with van der Waals surface area (Å²) in [4.78, 5) is 24.2. The molecule has 4 aliphatic carbocycles. The van der Waals surface area contributed by atoms with E-state index in [1.165, 1.54) is 5.57 Å². The Kier molecular flexibility index (Phi) is 3.71. The number of aliphatic hydroxyl groups excluding tert-OH is 1. The van der Waals surface area contributed by atoms with Gasteiger partial charge in [0, 0.05) is 17.3 Å². The molecular weight excluding hydrogens is 312 g/mol. The van der Waals surface area contributed by atoms with Crippen LogP contribution in [0.1, 0.15) is 53.4 Å². The minimum Gasteiger partial charge on any atom is -0.393 e. The lowest BCUT2D eigenvalue weighted by Gasteiger charge is -2.60. The molecule has 3 heteroatoms. The molecule has 0 bridgehead atoms. The first-order valence-electron chi connectivity index (χ1n) is 9.82. The number of fused-ring (bicyclic) bond motifs is 5. The molecule has 0 aromatic carbocycles. The van der Waals surface area contributed by atoms with Gasteiger partial charge in [-0.05, 0) is 67.9 Å². The van der Waals surface area contributed by atoms with Gasteiger partial charge in [0.2, 0.25) is 0 Å². The fourth-order valence-electron chi connectivity index (χ4n) is 7.42. The van der Waals surface area contributed by atoms with Gasteiger partial charge < -0.3 is 5.11 Å². The van der Waals surface area contributed by atoms with E-state index in [1.54, 1.807) is 13.0 Å². The Morgan fingerprint density at radius 2 is 2.00 bits per heavy atom. The summed E-state index contributed by atoms with van der Waals surface area (Å²) in [6.07, 6.45) is 8.94. The van der Waals surface area contributed by atoms with Crippen molar-refractivity contribution in [3.8, 4) is 0 Å². The quantitative estimate of drug-likeness (QED) is 0.790. The first kappa shape index (κ1) is 17.2. The molecule has 0 aromatic heterocycles. The number of ketones is 2. The molecule has 0 aromatic rings. The predicted octanol–water partition coefficient (Wildman–Crippen LogP) is 3.72. The maximum atomic E-state index is 12.2. The van der Waals surface area contributed by atoms with Crippen LogP contribution in [-0.4, -0.2) is 22.8 Å². The highest BCUT2D eigenvalue weighted by atomic mass is 16.3. The van der Waals surface area contributed by atoms with Crippen LogP contribution in [0, 0.1) is 40.4 Å². The van der Waals surface area contributed by atoms with Crippen molar-refractivity contribution in [3.63, 3.8) is 0 Å². The van der Waals surface area contributed by atoms with Crippen LogP contribution in [0.5, 0.6) is 0 Å². The largest absolute Gasteiger partial charge is 0.393 e. The van der Waals surface area contributed by atoms with Crippen molar-refractivity contribution in [1.82, 2.24) is 0 Å². The summed E-state index contributed by atoms with van der Waals surface area (Å²) in [7, 11) is 0. The van der Waals surface area contributed by atoms with Crippen molar-refractivity contribution in [2.24, 2.45) is 40.4 Å². The highest BCUT2D eigenvalue weighted by Crippen LogP contribution is 2.66. The third-order valence-electron chi connectivity index (χ3n) is 8.30. The second kappa shape index (κ2) is 5.39. The van der Waals surface area contributed by atoms with Gasteiger partial charge >= 0.3 is 0 Å². The Hall–Kier alpha value is -1.22. The zero-order valence-electron chi connectivity index (χ0n) is 15.8. The molecule has 0 amide bonds. The molecule has 0 saturated heterocycles. The van der Waals surface area contributed by atoms with Crippen LogP contribution in [0.2, 0.25) is 0 Å². The summed E-state index contributed by atoms with van der Waals surface area (Å²) in [5.74, 6) is 1.89. The van der Waals surface area contributed by atoms with E-state index < -0.39 is 6.10 Å². The molecule has 3 saturated carbocycles. The van der Waals surface area contributed by atoms with E-state index in [9.17, 15) is 14.7 Å². The number of aliphatic hydroxyl groups is 1. The van der Waals surface area contributed by atoms with Gasteiger partial charge in [-0.1, -0.05) is 32.4 Å². The smallest absolute Gasteiger partial charge is 0.178 e. The molecule has 2 unspecified atom stereocenters. The van der Waals surface area contributed by atoms with E-state index in [0.717, 1.165) is 19.3 Å². The molecule has 3 fully saturated rings. The molecule has 25 heavy (non-hydrogen) atoms. The summed E-state index contributed by atoms with van der Waals surface area (Å²) in [5, 5.41) is 11.2. The number of hydrogen-bond donors (Lipinski definition) is 1. The maximum Gasteiger partial charge on any atom is 0.178 e. The normalized spacial score (nSPS) is 51.4. The summed E-state index contributed by atoms with van der Waals surface area (Å²) < 4.78 is 0. The molecule has 0 radical (unpaired) electrons. The standard InChI is InChI=1S/C22H30O3/c1-12-9-15-17-6-5-16(13(2)23)22(17,4)11-19(25)20(15)21(3)8-7-14(24)10-18(12)21/h7-8,10,12,15-17,19-20,25H,5-6,9,11H2,1-4H3/t12?,15-,16+,17-,19?,20+,21-,22+/m0/s1. The van der Waals surface area contributed by atoms with Crippen LogP contribution >= 0.6 is 0 Å². The van der Waals surface area contributed by atoms with Crippen LogP contribution in [0.15, 0.2) is 23.8 Å². The summed E-state index contributed by atoms with van der Waals surface area (Å²) in [6, 6.07) is 0. The maximum absolute atomic E-state index is 12.2. The van der Waals surface area contributed by atoms with Crippen LogP contribution in [-0.2, 0) is 9.59 Å². The van der Waals surface area contributed by atoms with Crippen molar-refractivity contribution < 1.29 is 14.7 Å². The summed E-state index contributed by atoms with van der Waals surface area (Å²) in [5.41, 5.74) is 0.897. The summed E-state index contributed by atoms with van der Waals surface area (Å²) >= 11 is 0. The fourth-order valence-corrected chi connectivity index (χ4v) is 7.42. The first-order chi connectivity index (χ1) is 11.7. The molecule has 136 valence electrons. The van der Waals surface area contributed by atoms with E-state index in [2.05, 4.69) is 26.8 Å². The number of carbonyl (C=O) groups excluding carboxylic acids is 2. The number of Topliss-reactive ketones (excluding diaryl/α,β-unsaturated/α-hetero) is 1. The van der Waals surface area contributed by atoms with Gasteiger partial charge in [0.15, 0.2) is 5.78 Å². The summed E-state index contributed by atoms with van der Waals surface area (Å²) in [6.45, 7) is 8.40. The lowest BCUT2D eigenvalue weighted by molar-refractivity contribution is -0.139. The Balaban J connectivity index is 1.77. The van der Waals surface area contributed by atoms with Gasteiger partial charge in [0.05, 0.1) is 6.10 Å². The Morgan fingerprint density at radius 3 is 2.68 bits per heavy atom. The average molecular weight is 342 g/mol. The van der Waals surface area contributed by atoms with Crippen molar-refractivity contribution in [1.29, 1.82) is 0 Å². The highest BCUT2D eigenvalue weighted by molar-refractivity contribution is 6.01. The predicted molar refractivity (Wildman–Crippen MR) is 96.7 cm³/mol. The third-order valence-corrected chi connectivity index (χ3v) is 8.30. The number of hydrogen-bond acceptors (Lipinski definition) is 3. The fraction of sp³-hybridized carbons (Fsp3) is 0.727. The molecule has 4 aliphatic rings. The van der Waals surface area contributed by atoms with Crippen LogP contribution < -0.4 is 0 Å². The molecular formula is C22H30O3. The van der Waals surface area contributed by atoms with Gasteiger partial charge in [-0.25, -0.2) is 0 Å². The Morgan fingerprint density at radius 1 is 1.28 bits per heavy atom. The average Bonchev–Trinajstić information content (AvgIpc) is 2.85. The van der Waals surface area contributed by atoms with Crippen LogP contribution in [0.3, 0.4) is 0 Å². The lowest BCUT2D eigenvalue weighted by Crippen LogP contribution is -2.57. The number of carbonyl (C=O) groups is 2. The molecule has 0 aliphatic heterocycles. The molecule has 3 nitrogen and oxygen atoms in total. The minimum atomic E-state index is -0.412. The van der Waals surface area contributed by atoms with E-state index >= 15 is 0 Å². The monoisotopic (exact) mass is 342 g/mol. The number of rotatable bonds is 1. The molecule has 8 atom stereocenters. The van der Waals surface area contributed by atoms with Gasteiger partial charge in [0.1, 0.15) is 5.78 Å². The van der Waals surface area contributed by atoms with Gasteiger partial charge in [-0.2, -0.15) is 0 Å². The van der Waals surface area contributed by atoms with Crippen LogP contribution in [0.25, 0.3) is 0 Å². The zero-order chi connectivity index (χ0) is 18.1. The second-order valence-electron chi connectivity index (χ2n) is 9.57. The topological polar surface area (TPSA) is 54.4 Å². The van der Waals surface area contributed by atoms with E-state index in [-0.39, 0.29) is 34.2 Å². The molecule has 0 heterocycles. The van der Waals surface area contributed by atoms with Crippen molar-refractivity contribution in [3.05, 3.63) is 23.8 Å². The van der Waals surface area contributed by atoms with Gasteiger partial charge in [0.25, 0.3) is 0 Å². The Labute approximate surface area is 150 Å². The van der Waals surface area contributed by atoms with Crippen LogP contribution in [0.4, 0.5) is 0 Å². The van der Waals surface area contributed by atoms with E-state index in [0.29, 0.717) is 24.2 Å². The van der Waals surface area contributed by atoms with Gasteiger partial charge in [-0.3, -0.25) is 9.59 Å². The van der Waals surface area contributed by atoms with E-state index in [1.807, 2.05) is 6.08 Å². The third kappa shape index (κ3) is 2.21. The highest BCUT2D eigenvalue weighted by Gasteiger charge is 2.63.